The Morgan fingerprint density at radius 3 is 2.73 bits per heavy atom. The van der Waals surface area contributed by atoms with Crippen molar-refractivity contribution in [1.29, 1.82) is 0 Å². The van der Waals surface area contributed by atoms with Gasteiger partial charge in [-0.2, -0.15) is 0 Å². The van der Waals surface area contributed by atoms with Crippen LogP contribution in [0.15, 0.2) is 22.7 Å². The topological polar surface area (TPSA) is 3.24 Å². The van der Waals surface area contributed by atoms with E-state index in [9.17, 15) is 0 Å². The first kappa shape index (κ1) is 9.71. The number of nitrogens with zero attached hydrogens (tertiary/aromatic N) is 1. The molecule has 3 rings (SSSR count). The molecule has 1 aromatic rings. The molecule has 0 aromatic heterocycles. The van der Waals surface area contributed by atoms with Gasteiger partial charge in [-0.3, -0.25) is 0 Å². The smallest absolute Gasteiger partial charge is 0.0414 e. The molecule has 80 valence electrons. The minimum absolute atomic E-state index is 0.491. The summed E-state index contributed by atoms with van der Waals surface area (Å²) in [5.41, 5.74) is 3.52. The van der Waals surface area contributed by atoms with Crippen molar-refractivity contribution in [3.63, 3.8) is 0 Å². The van der Waals surface area contributed by atoms with Gasteiger partial charge in [0.2, 0.25) is 0 Å². The average Bonchev–Trinajstić information content (AvgIpc) is 2.76. The zero-order chi connectivity index (χ0) is 10.5. The number of likely N-dealkylation sites (N-methyl/N-ethyl adjacent to an activating group) is 1. The van der Waals surface area contributed by atoms with Gasteiger partial charge in [0.15, 0.2) is 0 Å². The van der Waals surface area contributed by atoms with Gasteiger partial charge < -0.3 is 4.90 Å². The standard InChI is InChI=1S/C13H16BrN/c1-15-9-13(6-2-3-7-13)11-5-4-10(14)8-12(11)15/h4-5,8H,2-3,6-7,9H2,1H3. The van der Waals surface area contributed by atoms with Gasteiger partial charge in [0.05, 0.1) is 0 Å². The molecule has 0 bridgehead atoms. The zero-order valence-electron chi connectivity index (χ0n) is 9.09. The summed E-state index contributed by atoms with van der Waals surface area (Å²) in [5.74, 6) is 0. The van der Waals surface area contributed by atoms with E-state index >= 15 is 0 Å². The Hall–Kier alpha value is -0.500. The van der Waals surface area contributed by atoms with Crippen molar-refractivity contribution in [2.45, 2.75) is 31.1 Å². The van der Waals surface area contributed by atoms with E-state index in [0.29, 0.717) is 5.41 Å². The lowest BCUT2D eigenvalue weighted by Crippen LogP contribution is -2.28. The summed E-state index contributed by atoms with van der Waals surface area (Å²) in [6, 6.07) is 6.79. The fraction of sp³-hybridized carbons (Fsp3) is 0.538. The number of halogens is 1. The Labute approximate surface area is 99.6 Å². The number of rotatable bonds is 0. The Balaban J connectivity index is 2.13. The van der Waals surface area contributed by atoms with E-state index in [1.165, 1.54) is 42.4 Å². The van der Waals surface area contributed by atoms with Crippen LogP contribution in [0.25, 0.3) is 0 Å². The average molecular weight is 266 g/mol. The minimum atomic E-state index is 0.491. The Bertz CT molecular complexity index is 394. The van der Waals surface area contributed by atoms with Crippen LogP contribution in [0.4, 0.5) is 5.69 Å². The Kier molecular flexibility index (Phi) is 2.10. The van der Waals surface area contributed by atoms with Crippen molar-refractivity contribution in [3.8, 4) is 0 Å². The summed E-state index contributed by atoms with van der Waals surface area (Å²) in [7, 11) is 2.22. The second kappa shape index (κ2) is 3.24. The highest BCUT2D eigenvalue weighted by Crippen LogP contribution is 2.50. The number of hydrogen-bond acceptors (Lipinski definition) is 1. The summed E-state index contributed by atoms with van der Waals surface area (Å²) >= 11 is 3.56. The molecule has 1 aliphatic heterocycles. The summed E-state index contributed by atoms with van der Waals surface area (Å²) in [6.45, 7) is 1.22. The first-order valence-corrected chi connectivity index (χ1v) is 6.52. The van der Waals surface area contributed by atoms with E-state index in [1.54, 1.807) is 5.56 Å². The summed E-state index contributed by atoms with van der Waals surface area (Å²) in [5, 5.41) is 0. The molecule has 15 heavy (non-hydrogen) atoms. The molecule has 0 N–H and O–H groups in total. The second-order valence-corrected chi connectivity index (χ2v) is 5.92. The van der Waals surface area contributed by atoms with Crippen molar-refractivity contribution in [3.05, 3.63) is 28.2 Å². The molecule has 0 radical (unpaired) electrons. The molecule has 1 fully saturated rings. The predicted molar refractivity (Wildman–Crippen MR) is 67.6 cm³/mol. The third-order valence-electron chi connectivity index (χ3n) is 4.04. The molecule has 1 aliphatic carbocycles. The van der Waals surface area contributed by atoms with Crippen molar-refractivity contribution < 1.29 is 0 Å². The van der Waals surface area contributed by atoms with Crippen LogP contribution in [0.5, 0.6) is 0 Å². The van der Waals surface area contributed by atoms with Gasteiger partial charge in [-0.05, 0) is 30.5 Å². The molecule has 1 aromatic carbocycles. The first-order chi connectivity index (χ1) is 7.21. The van der Waals surface area contributed by atoms with Gasteiger partial charge in [-0.25, -0.2) is 0 Å². The van der Waals surface area contributed by atoms with Crippen LogP contribution >= 0.6 is 15.9 Å². The van der Waals surface area contributed by atoms with Crippen LogP contribution in [0.2, 0.25) is 0 Å². The largest absolute Gasteiger partial charge is 0.373 e. The number of benzene rings is 1. The maximum absolute atomic E-state index is 3.56. The van der Waals surface area contributed by atoms with E-state index in [1.807, 2.05) is 0 Å². The predicted octanol–water partition coefficient (Wildman–Crippen LogP) is 3.71. The van der Waals surface area contributed by atoms with Crippen LogP contribution in [-0.4, -0.2) is 13.6 Å². The normalized spacial score (nSPS) is 22.4. The lowest BCUT2D eigenvalue weighted by molar-refractivity contribution is 0.473. The van der Waals surface area contributed by atoms with Crippen LogP contribution in [-0.2, 0) is 5.41 Å². The fourth-order valence-corrected chi connectivity index (χ4v) is 3.72. The number of hydrogen-bond donors (Lipinski definition) is 0. The van der Waals surface area contributed by atoms with Crippen LogP contribution in [0.1, 0.15) is 31.2 Å². The monoisotopic (exact) mass is 265 g/mol. The molecule has 0 atom stereocenters. The highest BCUT2D eigenvalue weighted by molar-refractivity contribution is 9.10. The number of fused-ring (bicyclic) bond motifs is 2. The quantitative estimate of drug-likeness (QED) is 0.692. The van der Waals surface area contributed by atoms with Crippen LogP contribution in [0.3, 0.4) is 0 Å². The van der Waals surface area contributed by atoms with E-state index in [-0.39, 0.29) is 0 Å². The highest BCUT2D eigenvalue weighted by atomic mass is 79.9. The molecule has 2 aliphatic rings. The number of anilines is 1. The van der Waals surface area contributed by atoms with E-state index in [4.69, 9.17) is 0 Å². The van der Waals surface area contributed by atoms with Gasteiger partial charge in [0.1, 0.15) is 0 Å². The highest BCUT2D eigenvalue weighted by Gasteiger charge is 2.43. The molecule has 0 unspecified atom stereocenters. The van der Waals surface area contributed by atoms with Crippen molar-refractivity contribution in [2.24, 2.45) is 0 Å². The fourth-order valence-electron chi connectivity index (χ4n) is 3.37. The zero-order valence-corrected chi connectivity index (χ0v) is 10.7. The molecular weight excluding hydrogens is 250 g/mol. The molecule has 1 spiro atoms. The van der Waals surface area contributed by atoms with Crippen molar-refractivity contribution in [1.82, 2.24) is 0 Å². The van der Waals surface area contributed by atoms with E-state index < -0.39 is 0 Å². The molecule has 1 nitrogen and oxygen atoms in total. The maximum atomic E-state index is 3.56. The van der Waals surface area contributed by atoms with Gasteiger partial charge in [-0.1, -0.05) is 34.8 Å². The molecule has 1 heterocycles. The van der Waals surface area contributed by atoms with E-state index in [2.05, 4.69) is 46.1 Å². The van der Waals surface area contributed by atoms with Crippen molar-refractivity contribution >= 4 is 21.6 Å². The third-order valence-corrected chi connectivity index (χ3v) is 4.54. The van der Waals surface area contributed by atoms with Gasteiger partial charge >= 0.3 is 0 Å². The first-order valence-electron chi connectivity index (χ1n) is 5.72. The van der Waals surface area contributed by atoms with Crippen molar-refractivity contribution in [2.75, 3.05) is 18.5 Å². The van der Waals surface area contributed by atoms with Crippen LogP contribution < -0.4 is 4.90 Å². The SMILES string of the molecule is CN1CC2(CCCC2)c2ccc(Br)cc21. The summed E-state index contributed by atoms with van der Waals surface area (Å²) in [4.78, 5) is 2.42. The third kappa shape index (κ3) is 1.34. The summed E-state index contributed by atoms with van der Waals surface area (Å²) < 4.78 is 1.20. The molecule has 1 saturated carbocycles. The lowest BCUT2D eigenvalue weighted by atomic mass is 9.81. The molecule has 0 amide bonds. The van der Waals surface area contributed by atoms with Gasteiger partial charge in [0, 0.05) is 29.2 Å². The van der Waals surface area contributed by atoms with Gasteiger partial charge in [-0.15, -0.1) is 0 Å². The molecular formula is C13H16BrN. The lowest BCUT2D eigenvalue weighted by Gasteiger charge is -2.23. The molecule has 2 heteroatoms. The Morgan fingerprint density at radius 1 is 1.27 bits per heavy atom. The summed E-state index contributed by atoms with van der Waals surface area (Å²) in [6.07, 6.45) is 5.57. The molecule has 0 saturated heterocycles. The maximum Gasteiger partial charge on any atom is 0.0414 e. The van der Waals surface area contributed by atoms with Gasteiger partial charge in [0.25, 0.3) is 0 Å². The minimum Gasteiger partial charge on any atom is -0.373 e. The second-order valence-electron chi connectivity index (χ2n) is 5.00. The van der Waals surface area contributed by atoms with E-state index in [0.717, 1.165) is 0 Å². The Morgan fingerprint density at radius 2 is 2.00 bits per heavy atom. The van der Waals surface area contributed by atoms with Crippen LogP contribution in [0, 0.1) is 0 Å².